The van der Waals surface area contributed by atoms with E-state index >= 15 is 4.39 Å². The van der Waals surface area contributed by atoms with Crippen molar-refractivity contribution in [3.63, 3.8) is 0 Å². The third-order valence-electron chi connectivity index (χ3n) is 7.97. The van der Waals surface area contributed by atoms with Crippen LogP contribution in [0.1, 0.15) is 22.6 Å². The number of ether oxygens (including phenoxy) is 2. The van der Waals surface area contributed by atoms with Crippen molar-refractivity contribution in [1.82, 2.24) is 29.8 Å². The Hall–Kier alpha value is -5.46. The third-order valence-corrected chi connectivity index (χ3v) is 9.22. The Labute approximate surface area is 273 Å². The minimum atomic E-state index is -0.576. The van der Waals surface area contributed by atoms with Crippen molar-refractivity contribution in [3.05, 3.63) is 102 Å². The number of carbonyl (C=O) groups is 1. The molecule has 0 aliphatic carbocycles. The van der Waals surface area contributed by atoms with Gasteiger partial charge in [-0.15, -0.1) is 11.3 Å². The highest BCUT2D eigenvalue weighted by molar-refractivity contribution is 7.23. The zero-order valence-corrected chi connectivity index (χ0v) is 26.5. The molecule has 10 nitrogen and oxygen atoms in total. The molecule has 12 heteroatoms. The molecule has 0 saturated carbocycles. The first-order chi connectivity index (χ1) is 22.8. The smallest absolute Gasteiger partial charge is 0.322 e. The van der Waals surface area contributed by atoms with E-state index in [2.05, 4.69) is 31.4 Å². The number of imidazole rings is 1. The molecule has 0 atom stereocenters. The summed E-state index contributed by atoms with van der Waals surface area (Å²) in [5.41, 5.74) is 13.1. The van der Waals surface area contributed by atoms with Crippen LogP contribution in [0.25, 0.3) is 42.9 Å². The number of amides is 1. The number of hydrogen-bond donors (Lipinski definition) is 2. The van der Waals surface area contributed by atoms with Crippen molar-refractivity contribution in [1.29, 1.82) is 0 Å². The first-order valence-corrected chi connectivity index (χ1v) is 15.7. The maximum Gasteiger partial charge on any atom is 0.322 e. The number of nitrogens with one attached hydrogen (secondary N) is 1. The maximum absolute atomic E-state index is 15.8. The number of rotatable bonds is 8. The molecule has 6 aromatic rings. The molecule has 0 saturated heterocycles. The van der Waals surface area contributed by atoms with Crippen LogP contribution in [-0.4, -0.2) is 37.0 Å². The topological polar surface area (TPSA) is 130 Å². The second-order valence-corrected chi connectivity index (χ2v) is 12.2. The standard InChI is InChI=1S/C35H30FN7O3S/c1-4-29(44)39-15-21-5-7-23(19(2)13-21)32-30(22-6-8-27(25(36)14-22)46-35-38-10-9-20(3)41-35)31-33(47-32)24(16-40-34(31)37)26-17-43-11-12-45-18-28(43)42-26/h4-10,13-14,16-17H,1,11-12,15,18H2,2-3H3,(H2,37,40)(H,39,44). The molecule has 0 fully saturated rings. The van der Waals surface area contributed by atoms with Crippen molar-refractivity contribution in [3.8, 4) is 44.6 Å². The summed E-state index contributed by atoms with van der Waals surface area (Å²) in [5, 5.41) is 3.53. The average Bonchev–Trinajstić information content (AvgIpc) is 3.68. The van der Waals surface area contributed by atoms with Gasteiger partial charge >= 0.3 is 6.01 Å². The summed E-state index contributed by atoms with van der Waals surface area (Å²) in [5.74, 6) is 0.347. The van der Waals surface area contributed by atoms with Crippen molar-refractivity contribution in [2.75, 3.05) is 12.3 Å². The SMILES string of the molecule is C=CC(=O)NCc1ccc(-c2sc3c(-c4cn5c(n4)COCC5)cnc(N)c3c2-c2ccc(Oc3nccc(C)n3)c(F)c2)c(C)c1. The lowest BCUT2D eigenvalue weighted by Crippen LogP contribution is -2.19. The Bertz CT molecular complexity index is 2170. The minimum Gasteiger partial charge on any atom is -0.421 e. The molecular weight excluding hydrogens is 617 g/mol. The molecule has 1 aliphatic heterocycles. The van der Waals surface area contributed by atoms with Crippen LogP contribution in [0.5, 0.6) is 11.8 Å². The number of nitrogens with zero attached hydrogens (tertiary/aromatic N) is 5. The Morgan fingerprint density at radius 1 is 1.17 bits per heavy atom. The molecule has 236 valence electrons. The van der Waals surface area contributed by atoms with Gasteiger partial charge in [0.25, 0.3) is 0 Å². The van der Waals surface area contributed by atoms with E-state index in [1.165, 1.54) is 12.1 Å². The van der Waals surface area contributed by atoms with E-state index in [-0.39, 0.29) is 17.7 Å². The normalized spacial score (nSPS) is 12.6. The second kappa shape index (κ2) is 12.4. The van der Waals surface area contributed by atoms with Gasteiger partial charge in [-0.2, -0.15) is 0 Å². The summed E-state index contributed by atoms with van der Waals surface area (Å²) in [6.07, 6.45) is 6.56. The lowest BCUT2D eigenvalue weighted by atomic mass is 9.95. The number of nitrogens with two attached hydrogens (primary N) is 1. The molecule has 7 rings (SSSR count). The van der Waals surface area contributed by atoms with Crippen LogP contribution < -0.4 is 15.8 Å². The Morgan fingerprint density at radius 3 is 2.81 bits per heavy atom. The number of nitrogen functional groups attached to an aromatic ring is 1. The largest absolute Gasteiger partial charge is 0.421 e. The zero-order valence-electron chi connectivity index (χ0n) is 25.7. The minimum absolute atomic E-state index is 0.000126. The number of pyridine rings is 1. The van der Waals surface area contributed by atoms with Gasteiger partial charge in [0.2, 0.25) is 5.91 Å². The lowest BCUT2D eigenvalue weighted by molar-refractivity contribution is -0.116. The molecule has 4 aromatic heterocycles. The number of halogens is 1. The van der Waals surface area contributed by atoms with Gasteiger partial charge in [-0.1, -0.05) is 30.8 Å². The number of hydrogen-bond acceptors (Lipinski definition) is 9. The van der Waals surface area contributed by atoms with E-state index in [9.17, 15) is 4.79 Å². The van der Waals surface area contributed by atoms with Crippen LogP contribution in [0.4, 0.5) is 10.2 Å². The molecule has 47 heavy (non-hydrogen) atoms. The van der Waals surface area contributed by atoms with E-state index < -0.39 is 5.82 Å². The van der Waals surface area contributed by atoms with Crippen molar-refractivity contribution in [2.24, 2.45) is 0 Å². The second-order valence-electron chi connectivity index (χ2n) is 11.2. The number of thiophene rings is 1. The van der Waals surface area contributed by atoms with Gasteiger partial charge in [0.15, 0.2) is 11.6 Å². The number of aromatic nitrogens is 5. The van der Waals surface area contributed by atoms with E-state index in [4.69, 9.17) is 20.2 Å². The van der Waals surface area contributed by atoms with E-state index in [1.54, 1.807) is 41.9 Å². The number of carbonyl (C=O) groups excluding carboxylic acids is 1. The monoisotopic (exact) mass is 647 g/mol. The summed E-state index contributed by atoms with van der Waals surface area (Å²) in [6, 6.07) is 12.6. The van der Waals surface area contributed by atoms with Crippen LogP contribution in [0.3, 0.4) is 0 Å². The third kappa shape index (κ3) is 5.84. The molecule has 2 aromatic carbocycles. The Balaban J connectivity index is 1.39. The van der Waals surface area contributed by atoms with Gasteiger partial charge < -0.3 is 25.1 Å². The molecular formula is C35H30FN7O3S. The quantitative estimate of drug-likeness (QED) is 0.174. The summed E-state index contributed by atoms with van der Waals surface area (Å²) in [4.78, 5) is 30.4. The van der Waals surface area contributed by atoms with Crippen LogP contribution >= 0.6 is 11.3 Å². The summed E-state index contributed by atoms with van der Waals surface area (Å²) in [7, 11) is 0. The predicted molar refractivity (Wildman–Crippen MR) is 179 cm³/mol. The van der Waals surface area contributed by atoms with Crippen LogP contribution in [0.15, 0.2) is 73.7 Å². The Kier molecular flexibility index (Phi) is 7.96. The first-order valence-electron chi connectivity index (χ1n) is 14.9. The highest BCUT2D eigenvalue weighted by Gasteiger charge is 2.25. The van der Waals surface area contributed by atoms with E-state index in [0.717, 1.165) is 55.5 Å². The van der Waals surface area contributed by atoms with Gasteiger partial charge in [0.05, 0.1) is 17.0 Å². The fourth-order valence-corrected chi connectivity index (χ4v) is 7.09. The molecule has 0 spiro atoms. The van der Waals surface area contributed by atoms with Gasteiger partial charge in [0, 0.05) is 58.8 Å². The van der Waals surface area contributed by atoms with Crippen LogP contribution in [0, 0.1) is 19.7 Å². The van der Waals surface area contributed by atoms with E-state index in [0.29, 0.717) is 42.2 Å². The highest BCUT2D eigenvalue weighted by Crippen LogP contribution is 2.50. The van der Waals surface area contributed by atoms with Crippen molar-refractivity contribution < 1.29 is 18.7 Å². The van der Waals surface area contributed by atoms with Crippen molar-refractivity contribution >= 4 is 33.1 Å². The molecule has 0 bridgehead atoms. The van der Waals surface area contributed by atoms with Crippen LogP contribution in [0.2, 0.25) is 0 Å². The summed E-state index contributed by atoms with van der Waals surface area (Å²) >= 11 is 1.55. The maximum atomic E-state index is 15.8. The molecule has 3 N–H and O–H groups in total. The highest BCUT2D eigenvalue weighted by atomic mass is 32.1. The number of aryl methyl sites for hydroxylation is 2. The molecule has 1 aliphatic rings. The molecule has 0 radical (unpaired) electrons. The van der Waals surface area contributed by atoms with Gasteiger partial charge in [-0.25, -0.2) is 24.3 Å². The average molecular weight is 648 g/mol. The zero-order chi connectivity index (χ0) is 32.7. The molecule has 5 heterocycles. The van der Waals surface area contributed by atoms with Gasteiger partial charge in [0.1, 0.15) is 18.2 Å². The fourth-order valence-electron chi connectivity index (χ4n) is 5.65. The number of fused-ring (bicyclic) bond motifs is 2. The van der Waals surface area contributed by atoms with Gasteiger partial charge in [-0.3, -0.25) is 4.79 Å². The molecule has 1 amide bonds. The fraction of sp³-hybridized carbons (Fsp3) is 0.171. The van der Waals surface area contributed by atoms with Crippen molar-refractivity contribution in [2.45, 2.75) is 33.5 Å². The number of anilines is 1. The summed E-state index contributed by atoms with van der Waals surface area (Å²) in [6.45, 7) is 9.47. The lowest BCUT2D eigenvalue weighted by Gasteiger charge is -2.13. The van der Waals surface area contributed by atoms with E-state index in [1.807, 2.05) is 38.2 Å². The first kappa shape index (κ1) is 30.2. The predicted octanol–water partition coefficient (Wildman–Crippen LogP) is 6.75. The molecule has 0 unspecified atom stereocenters. The summed E-state index contributed by atoms with van der Waals surface area (Å²) < 4.78 is 30.1. The Morgan fingerprint density at radius 2 is 2.04 bits per heavy atom. The number of benzene rings is 2. The van der Waals surface area contributed by atoms with Crippen LogP contribution in [-0.2, 0) is 29.2 Å². The van der Waals surface area contributed by atoms with Gasteiger partial charge in [-0.05, 0) is 60.4 Å².